The number of nitrogens with one attached hydrogen (secondary N) is 2. The van der Waals surface area contributed by atoms with Gasteiger partial charge in [-0.05, 0) is 54.4 Å². The van der Waals surface area contributed by atoms with Crippen molar-refractivity contribution in [2.45, 2.75) is 57.0 Å². The minimum atomic E-state index is -1.14. The first-order chi connectivity index (χ1) is 15.8. The van der Waals surface area contributed by atoms with Crippen molar-refractivity contribution in [2.75, 3.05) is 6.61 Å². The van der Waals surface area contributed by atoms with Gasteiger partial charge < -0.3 is 20.5 Å². The maximum absolute atomic E-state index is 13.0. The third kappa shape index (κ3) is 4.72. The van der Waals surface area contributed by atoms with Crippen molar-refractivity contribution in [1.29, 1.82) is 0 Å². The Morgan fingerprint density at radius 3 is 2.15 bits per heavy atom. The van der Waals surface area contributed by atoms with E-state index in [-0.39, 0.29) is 30.8 Å². The molecular formula is C26H30N2O5. The van der Waals surface area contributed by atoms with Crippen molar-refractivity contribution >= 4 is 18.0 Å². The monoisotopic (exact) mass is 450 g/mol. The van der Waals surface area contributed by atoms with Gasteiger partial charge in [-0.1, -0.05) is 55.5 Å². The van der Waals surface area contributed by atoms with E-state index in [1.807, 2.05) is 31.2 Å². The lowest BCUT2D eigenvalue weighted by Crippen LogP contribution is -2.60. The van der Waals surface area contributed by atoms with Crippen molar-refractivity contribution < 1.29 is 24.2 Å². The minimum Gasteiger partial charge on any atom is -0.481 e. The largest absolute Gasteiger partial charge is 0.481 e. The van der Waals surface area contributed by atoms with Crippen LogP contribution in [0.2, 0.25) is 0 Å². The molecule has 2 aromatic carbocycles. The number of carboxylic acids is 1. The van der Waals surface area contributed by atoms with Crippen molar-refractivity contribution in [3.63, 3.8) is 0 Å². The van der Waals surface area contributed by atoms with Gasteiger partial charge in [-0.25, -0.2) is 4.79 Å². The summed E-state index contributed by atoms with van der Waals surface area (Å²) >= 11 is 0. The fraction of sp³-hybridized carbons (Fsp3) is 0.423. The number of amides is 2. The minimum absolute atomic E-state index is 0.000293. The van der Waals surface area contributed by atoms with Gasteiger partial charge in [0, 0.05) is 12.0 Å². The third-order valence-electron chi connectivity index (χ3n) is 6.82. The Morgan fingerprint density at radius 1 is 1.06 bits per heavy atom. The second-order valence-electron chi connectivity index (χ2n) is 9.10. The van der Waals surface area contributed by atoms with Gasteiger partial charge in [0.1, 0.15) is 12.1 Å². The first-order valence-electron chi connectivity index (χ1n) is 11.5. The molecule has 0 heterocycles. The van der Waals surface area contributed by atoms with Gasteiger partial charge in [0.15, 0.2) is 0 Å². The zero-order chi connectivity index (χ0) is 23.6. The Balaban J connectivity index is 1.43. The molecule has 174 valence electrons. The van der Waals surface area contributed by atoms with Gasteiger partial charge in [0.2, 0.25) is 5.91 Å². The van der Waals surface area contributed by atoms with Crippen LogP contribution in [-0.2, 0) is 14.3 Å². The molecule has 33 heavy (non-hydrogen) atoms. The molecule has 1 unspecified atom stereocenters. The molecule has 3 N–H and O–H groups in total. The number of carbonyl (C=O) groups excluding carboxylic acids is 2. The summed E-state index contributed by atoms with van der Waals surface area (Å²) in [5.74, 6) is -1.41. The molecule has 2 aromatic rings. The summed E-state index contributed by atoms with van der Waals surface area (Å²) in [6.07, 6.45) is 1.33. The second-order valence-corrected chi connectivity index (χ2v) is 9.10. The Labute approximate surface area is 193 Å². The van der Waals surface area contributed by atoms with Crippen LogP contribution in [0.25, 0.3) is 11.1 Å². The molecule has 0 bridgehead atoms. The lowest BCUT2D eigenvalue weighted by atomic mass is 9.94. The Hall–Kier alpha value is -3.35. The molecule has 2 amide bonds. The van der Waals surface area contributed by atoms with E-state index in [2.05, 4.69) is 34.9 Å². The number of benzene rings is 2. The van der Waals surface area contributed by atoms with Gasteiger partial charge in [-0.3, -0.25) is 9.59 Å². The zero-order valence-electron chi connectivity index (χ0n) is 19.0. The average molecular weight is 451 g/mol. The predicted molar refractivity (Wildman–Crippen MR) is 124 cm³/mol. The van der Waals surface area contributed by atoms with E-state index in [0.717, 1.165) is 35.1 Å². The molecular weight excluding hydrogens is 420 g/mol. The normalized spacial score (nSPS) is 17.3. The van der Waals surface area contributed by atoms with E-state index >= 15 is 0 Å². The molecule has 0 radical (unpaired) electrons. The van der Waals surface area contributed by atoms with Crippen molar-refractivity contribution in [3.8, 4) is 11.1 Å². The Bertz CT molecular complexity index is 1020. The zero-order valence-corrected chi connectivity index (χ0v) is 19.0. The molecule has 1 saturated carbocycles. The quantitative estimate of drug-likeness (QED) is 0.534. The van der Waals surface area contributed by atoms with Crippen LogP contribution in [0.3, 0.4) is 0 Å². The summed E-state index contributed by atoms with van der Waals surface area (Å²) < 4.78 is 5.64. The molecule has 0 aromatic heterocycles. The standard InChI is InChI=1S/C26H30N2O5/c1-3-17(14-23(29)30)27-24(31)26(2,16-12-13-16)28-25(32)33-15-22-20-10-6-4-8-18(20)19-9-5-7-11-21(19)22/h4-11,16-17,22H,3,12-15H2,1-2H3,(H,27,31)(H,28,32)(H,29,30)/t17-,26?/m1/s1. The Kier molecular flexibility index (Phi) is 6.40. The maximum Gasteiger partial charge on any atom is 0.408 e. The predicted octanol–water partition coefficient (Wildman–Crippen LogP) is 4.06. The Morgan fingerprint density at radius 2 is 1.64 bits per heavy atom. The first kappa shape index (κ1) is 22.8. The van der Waals surface area contributed by atoms with E-state index in [0.29, 0.717) is 6.42 Å². The van der Waals surface area contributed by atoms with Gasteiger partial charge in [0.25, 0.3) is 0 Å². The number of fused-ring (bicyclic) bond motifs is 3. The van der Waals surface area contributed by atoms with Crippen LogP contribution >= 0.6 is 0 Å². The highest BCUT2D eigenvalue weighted by Gasteiger charge is 2.49. The van der Waals surface area contributed by atoms with E-state index in [4.69, 9.17) is 9.84 Å². The molecule has 0 saturated heterocycles. The van der Waals surface area contributed by atoms with Gasteiger partial charge >= 0.3 is 12.1 Å². The second kappa shape index (κ2) is 9.25. The maximum atomic E-state index is 13.0. The molecule has 1 fully saturated rings. The molecule has 2 atom stereocenters. The highest BCUT2D eigenvalue weighted by Crippen LogP contribution is 2.44. The summed E-state index contributed by atoms with van der Waals surface area (Å²) in [6, 6.07) is 15.7. The van der Waals surface area contributed by atoms with Crippen LogP contribution in [0, 0.1) is 5.92 Å². The highest BCUT2D eigenvalue weighted by molar-refractivity contribution is 5.91. The summed E-state index contributed by atoms with van der Waals surface area (Å²) in [7, 11) is 0. The van der Waals surface area contributed by atoms with Crippen LogP contribution in [-0.4, -0.2) is 41.3 Å². The number of hydrogen-bond donors (Lipinski definition) is 3. The van der Waals surface area contributed by atoms with Crippen molar-refractivity contribution in [2.24, 2.45) is 5.92 Å². The lowest BCUT2D eigenvalue weighted by Gasteiger charge is -2.31. The third-order valence-corrected chi connectivity index (χ3v) is 6.82. The number of aliphatic carboxylic acids is 1. The SMILES string of the molecule is CC[C@H](CC(=O)O)NC(=O)C(C)(NC(=O)OCC1c2ccccc2-c2ccccc21)C1CC1. The van der Waals surface area contributed by atoms with Crippen LogP contribution in [0.15, 0.2) is 48.5 Å². The van der Waals surface area contributed by atoms with Gasteiger partial charge in [-0.15, -0.1) is 0 Å². The smallest absolute Gasteiger partial charge is 0.408 e. The van der Waals surface area contributed by atoms with Crippen LogP contribution < -0.4 is 10.6 Å². The fourth-order valence-electron chi connectivity index (χ4n) is 4.69. The van der Waals surface area contributed by atoms with Gasteiger partial charge in [0.05, 0.1) is 6.42 Å². The first-order valence-corrected chi connectivity index (χ1v) is 11.5. The molecule has 0 aliphatic heterocycles. The summed E-state index contributed by atoms with van der Waals surface area (Å²) in [4.78, 5) is 36.9. The summed E-state index contributed by atoms with van der Waals surface area (Å²) in [5.41, 5.74) is 3.39. The van der Waals surface area contributed by atoms with E-state index < -0.39 is 23.6 Å². The summed E-state index contributed by atoms with van der Waals surface area (Å²) in [6.45, 7) is 3.68. The molecule has 2 aliphatic carbocycles. The van der Waals surface area contributed by atoms with Crippen LogP contribution in [0.1, 0.15) is 56.6 Å². The van der Waals surface area contributed by atoms with E-state index in [9.17, 15) is 14.4 Å². The van der Waals surface area contributed by atoms with E-state index in [1.165, 1.54) is 0 Å². The lowest BCUT2D eigenvalue weighted by molar-refractivity contribution is -0.138. The number of alkyl carbamates (subject to hydrolysis) is 1. The van der Waals surface area contributed by atoms with Crippen molar-refractivity contribution in [1.82, 2.24) is 10.6 Å². The van der Waals surface area contributed by atoms with Gasteiger partial charge in [-0.2, -0.15) is 0 Å². The molecule has 7 heteroatoms. The average Bonchev–Trinajstić information content (AvgIpc) is 3.61. The number of carbonyl (C=O) groups is 3. The number of hydrogen-bond acceptors (Lipinski definition) is 4. The number of ether oxygens (including phenoxy) is 1. The molecule has 7 nitrogen and oxygen atoms in total. The summed E-state index contributed by atoms with van der Waals surface area (Å²) in [5, 5.41) is 14.7. The number of rotatable bonds is 9. The molecule has 4 rings (SSSR count). The molecule has 2 aliphatic rings. The van der Waals surface area contributed by atoms with Crippen molar-refractivity contribution in [3.05, 3.63) is 59.7 Å². The molecule has 0 spiro atoms. The fourth-order valence-corrected chi connectivity index (χ4v) is 4.69. The van der Waals surface area contributed by atoms with Crippen LogP contribution in [0.5, 0.6) is 0 Å². The number of carboxylic acid groups (broad SMARTS) is 1. The highest BCUT2D eigenvalue weighted by atomic mass is 16.5. The topological polar surface area (TPSA) is 105 Å². The van der Waals surface area contributed by atoms with Crippen LogP contribution in [0.4, 0.5) is 4.79 Å². The van der Waals surface area contributed by atoms with E-state index in [1.54, 1.807) is 6.92 Å².